The van der Waals surface area contributed by atoms with Crippen LogP contribution in [0.5, 0.6) is 5.75 Å². The summed E-state index contributed by atoms with van der Waals surface area (Å²) in [4.78, 5) is 12.2. The van der Waals surface area contributed by atoms with Crippen LogP contribution in [-0.2, 0) is 0 Å². The van der Waals surface area contributed by atoms with Gasteiger partial charge in [0.05, 0.1) is 12.3 Å². The lowest BCUT2D eigenvalue weighted by Gasteiger charge is -2.18. The highest BCUT2D eigenvalue weighted by Gasteiger charge is 2.13. The minimum Gasteiger partial charge on any atom is -0.491 e. The van der Waals surface area contributed by atoms with Gasteiger partial charge in [-0.05, 0) is 30.5 Å². The molecule has 0 aliphatic heterocycles. The molecule has 0 spiro atoms. The molecule has 5 heteroatoms. The van der Waals surface area contributed by atoms with E-state index >= 15 is 0 Å². The van der Waals surface area contributed by atoms with Crippen LogP contribution in [0.15, 0.2) is 54.6 Å². The second-order valence-electron chi connectivity index (χ2n) is 5.80. The SMILES string of the molecule is CCCOc1ccccc1NC(=O)NCC(CCO)c1ccccc1. The first kappa shape index (κ1) is 18.8. The van der Waals surface area contributed by atoms with Crippen LogP contribution in [-0.4, -0.2) is 30.9 Å². The molecular formula is C20H26N2O3. The molecule has 0 aromatic heterocycles. The Morgan fingerprint density at radius 1 is 1.12 bits per heavy atom. The summed E-state index contributed by atoms with van der Waals surface area (Å²) in [5.41, 5.74) is 1.75. The molecule has 2 amide bonds. The van der Waals surface area contributed by atoms with Gasteiger partial charge in [-0.3, -0.25) is 0 Å². The zero-order chi connectivity index (χ0) is 17.9. The van der Waals surface area contributed by atoms with E-state index in [0.717, 1.165) is 12.0 Å². The zero-order valence-electron chi connectivity index (χ0n) is 14.6. The van der Waals surface area contributed by atoms with Crippen molar-refractivity contribution in [3.05, 3.63) is 60.2 Å². The highest BCUT2D eigenvalue weighted by atomic mass is 16.5. The van der Waals surface area contributed by atoms with Gasteiger partial charge in [-0.15, -0.1) is 0 Å². The number of hydrogen-bond donors (Lipinski definition) is 3. The summed E-state index contributed by atoms with van der Waals surface area (Å²) < 4.78 is 5.65. The second-order valence-corrected chi connectivity index (χ2v) is 5.80. The average Bonchev–Trinajstić information content (AvgIpc) is 2.65. The minimum atomic E-state index is -0.286. The van der Waals surface area contributed by atoms with Crippen LogP contribution in [0.4, 0.5) is 10.5 Å². The Hall–Kier alpha value is -2.53. The number of ether oxygens (including phenoxy) is 1. The van der Waals surface area contributed by atoms with Crippen molar-refractivity contribution < 1.29 is 14.6 Å². The van der Waals surface area contributed by atoms with E-state index in [9.17, 15) is 9.90 Å². The van der Waals surface area contributed by atoms with Gasteiger partial charge in [0.25, 0.3) is 0 Å². The van der Waals surface area contributed by atoms with Crippen molar-refractivity contribution in [3.63, 3.8) is 0 Å². The number of rotatable bonds is 9. The normalized spacial score (nSPS) is 11.6. The molecular weight excluding hydrogens is 316 g/mol. The first-order valence-electron chi connectivity index (χ1n) is 8.67. The van der Waals surface area contributed by atoms with Gasteiger partial charge in [-0.1, -0.05) is 49.4 Å². The van der Waals surface area contributed by atoms with Crippen molar-refractivity contribution in [1.29, 1.82) is 0 Å². The number of amides is 2. The van der Waals surface area contributed by atoms with Crippen molar-refractivity contribution in [3.8, 4) is 5.75 Å². The lowest BCUT2D eigenvalue weighted by atomic mass is 9.96. The summed E-state index contributed by atoms with van der Waals surface area (Å²) >= 11 is 0. The number of hydrogen-bond acceptors (Lipinski definition) is 3. The fraction of sp³-hybridized carbons (Fsp3) is 0.350. The molecule has 0 bridgehead atoms. The third-order valence-corrected chi connectivity index (χ3v) is 3.85. The molecule has 0 heterocycles. The lowest BCUT2D eigenvalue weighted by Crippen LogP contribution is -2.32. The molecule has 0 radical (unpaired) electrons. The topological polar surface area (TPSA) is 70.6 Å². The monoisotopic (exact) mass is 342 g/mol. The number of aliphatic hydroxyl groups excluding tert-OH is 1. The molecule has 2 aromatic carbocycles. The van der Waals surface area contributed by atoms with E-state index in [-0.39, 0.29) is 18.6 Å². The van der Waals surface area contributed by atoms with Crippen molar-refractivity contribution >= 4 is 11.7 Å². The number of benzene rings is 2. The molecule has 25 heavy (non-hydrogen) atoms. The average molecular weight is 342 g/mol. The van der Waals surface area contributed by atoms with Gasteiger partial charge >= 0.3 is 6.03 Å². The molecule has 5 nitrogen and oxygen atoms in total. The molecule has 1 unspecified atom stereocenters. The van der Waals surface area contributed by atoms with Gasteiger partial charge in [0, 0.05) is 19.1 Å². The van der Waals surface area contributed by atoms with Crippen molar-refractivity contribution in [2.45, 2.75) is 25.7 Å². The molecule has 0 aliphatic rings. The van der Waals surface area contributed by atoms with Crippen LogP contribution in [0.1, 0.15) is 31.2 Å². The molecule has 2 rings (SSSR count). The van der Waals surface area contributed by atoms with E-state index in [1.165, 1.54) is 0 Å². The van der Waals surface area contributed by atoms with E-state index in [1.54, 1.807) is 0 Å². The lowest BCUT2D eigenvalue weighted by molar-refractivity contribution is 0.247. The number of urea groups is 1. The number of carbonyl (C=O) groups is 1. The van der Waals surface area contributed by atoms with Crippen LogP contribution in [0, 0.1) is 0 Å². The molecule has 3 N–H and O–H groups in total. The highest BCUT2D eigenvalue weighted by molar-refractivity contribution is 5.90. The van der Waals surface area contributed by atoms with Crippen molar-refractivity contribution in [1.82, 2.24) is 5.32 Å². The zero-order valence-corrected chi connectivity index (χ0v) is 14.6. The molecule has 2 aromatic rings. The van der Waals surface area contributed by atoms with Gasteiger partial charge in [0.1, 0.15) is 5.75 Å². The summed E-state index contributed by atoms with van der Waals surface area (Å²) in [6, 6.07) is 17.0. The standard InChI is InChI=1S/C20H26N2O3/c1-2-14-25-19-11-7-6-10-18(19)22-20(24)21-15-17(12-13-23)16-8-4-3-5-9-16/h3-11,17,23H,2,12-15H2,1H3,(H2,21,22,24). The largest absolute Gasteiger partial charge is 0.491 e. The maximum absolute atomic E-state index is 12.2. The quantitative estimate of drug-likeness (QED) is 0.650. The van der Waals surface area contributed by atoms with E-state index in [2.05, 4.69) is 10.6 Å². The fourth-order valence-electron chi connectivity index (χ4n) is 2.56. The van der Waals surface area contributed by atoms with Crippen LogP contribution in [0.2, 0.25) is 0 Å². The molecule has 134 valence electrons. The summed E-state index contributed by atoms with van der Waals surface area (Å²) in [5, 5.41) is 15.0. The Labute approximate surface area is 149 Å². The summed E-state index contributed by atoms with van der Waals surface area (Å²) in [6.45, 7) is 3.17. The van der Waals surface area contributed by atoms with E-state index in [0.29, 0.717) is 31.0 Å². The Kier molecular flexibility index (Phi) is 7.79. The van der Waals surface area contributed by atoms with Gasteiger partial charge < -0.3 is 20.5 Å². The highest BCUT2D eigenvalue weighted by Crippen LogP contribution is 2.24. The number of aliphatic hydroxyl groups is 1. The minimum absolute atomic E-state index is 0.0727. The second kappa shape index (κ2) is 10.4. The van der Waals surface area contributed by atoms with E-state index in [1.807, 2.05) is 61.5 Å². The summed E-state index contributed by atoms with van der Waals surface area (Å²) in [5.74, 6) is 0.734. The maximum Gasteiger partial charge on any atom is 0.319 e. The number of para-hydroxylation sites is 2. The van der Waals surface area contributed by atoms with Crippen molar-refractivity contribution in [2.75, 3.05) is 25.1 Å². The van der Waals surface area contributed by atoms with Crippen LogP contribution < -0.4 is 15.4 Å². The third kappa shape index (κ3) is 6.12. The van der Waals surface area contributed by atoms with Crippen LogP contribution in [0.25, 0.3) is 0 Å². The summed E-state index contributed by atoms with van der Waals surface area (Å²) in [7, 11) is 0. The van der Waals surface area contributed by atoms with E-state index in [4.69, 9.17) is 4.74 Å². The maximum atomic E-state index is 12.2. The molecule has 0 saturated carbocycles. The first-order chi connectivity index (χ1) is 12.2. The Bertz CT molecular complexity index is 646. The number of carbonyl (C=O) groups excluding carboxylic acids is 1. The van der Waals surface area contributed by atoms with Crippen LogP contribution >= 0.6 is 0 Å². The Morgan fingerprint density at radius 2 is 1.84 bits per heavy atom. The number of anilines is 1. The number of nitrogens with one attached hydrogen (secondary N) is 2. The summed E-state index contributed by atoms with van der Waals surface area (Å²) in [6.07, 6.45) is 1.50. The molecule has 0 aliphatic carbocycles. The molecule has 1 atom stereocenters. The molecule has 0 saturated heterocycles. The van der Waals surface area contributed by atoms with Crippen molar-refractivity contribution in [2.24, 2.45) is 0 Å². The predicted octanol–water partition coefficient (Wildman–Crippen LogP) is 3.76. The Balaban J connectivity index is 1.93. The van der Waals surface area contributed by atoms with Gasteiger partial charge in [-0.2, -0.15) is 0 Å². The first-order valence-corrected chi connectivity index (χ1v) is 8.67. The van der Waals surface area contributed by atoms with Crippen LogP contribution in [0.3, 0.4) is 0 Å². The third-order valence-electron chi connectivity index (χ3n) is 3.85. The molecule has 0 fully saturated rings. The fourth-order valence-corrected chi connectivity index (χ4v) is 2.56. The van der Waals surface area contributed by atoms with E-state index < -0.39 is 0 Å². The Morgan fingerprint density at radius 3 is 2.56 bits per heavy atom. The van der Waals surface area contributed by atoms with Gasteiger partial charge in [-0.25, -0.2) is 4.79 Å². The smallest absolute Gasteiger partial charge is 0.319 e. The van der Waals surface area contributed by atoms with Gasteiger partial charge in [0.2, 0.25) is 0 Å². The van der Waals surface area contributed by atoms with Gasteiger partial charge in [0.15, 0.2) is 0 Å². The predicted molar refractivity (Wildman–Crippen MR) is 100 cm³/mol.